The number of ether oxygens (including phenoxy) is 1. The van der Waals surface area contributed by atoms with Crippen molar-refractivity contribution >= 4 is 35.9 Å². The van der Waals surface area contributed by atoms with Crippen LogP contribution in [0.2, 0.25) is 0 Å². The van der Waals surface area contributed by atoms with E-state index in [4.69, 9.17) is 10.5 Å². The van der Waals surface area contributed by atoms with Gasteiger partial charge >= 0.3 is 5.97 Å². The van der Waals surface area contributed by atoms with E-state index in [-0.39, 0.29) is 30.8 Å². The molecule has 0 aliphatic carbocycles. The van der Waals surface area contributed by atoms with Crippen LogP contribution in [0.4, 0.5) is 5.69 Å². The molecule has 0 heterocycles. The second kappa shape index (κ2) is 11.5. The summed E-state index contributed by atoms with van der Waals surface area (Å²) in [7, 11) is 0. The third-order valence-corrected chi connectivity index (χ3v) is 3.96. The fourth-order valence-electron chi connectivity index (χ4n) is 2.05. The third-order valence-electron chi connectivity index (χ3n) is 3.96. The molecule has 0 saturated heterocycles. The van der Waals surface area contributed by atoms with Crippen molar-refractivity contribution in [3.8, 4) is 0 Å². The van der Waals surface area contributed by atoms with Gasteiger partial charge in [0.1, 0.15) is 6.04 Å². The Morgan fingerprint density at radius 1 is 1.12 bits per heavy atom. The van der Waals surface area contributed by atoms with Gasteiger partial charge in [-0.1, -0.05) is 20.3 Å². The Labute approximate surface area is 160 Å². The molecule has 7 nitrogen and oxygen atoms in total. The summed E-state index contributed by atoms with van der Waals surface area (Å²) in [6.45, 7) is 7.41. The van der Waals surface area contributed by atoms with Gasteiger partial charge in [-0.25, -0.2) is 4.79 Å². The SMILES string of the molecule is CCOC(=O)C(C)NC(=O)c1ccc(NC(=O)C(N)C(C)CC)cc1.Cl. The van der Waals surface area contributed by atoms with E-state index in [1.807, 2.05) is 13.8 Å². The van der Waals surface area contributed by atoms with Gasteiger partial charge in [-0.05, 0) is 44.0 Å². The number of benzene rings is 1. The molecule has 0 radical (unpaired) electrons. The smallest absolute Gasteiger partial charge is 0.328 e. The van der Waals surface area contributed by atoms with Crippen molar-refractivity contribution in [2.75, 3.05) is 11.9 Å². The van der Waals surface area contributed by atoms with Crippen LogP contribution in [0.25, 0.3) is 0 Å². The van der Waals surface area contributed by atoms with Crippen molar-refractivity contribution in [2.45, 2.75) is 46.2 Å². The zero-order valence-electron chi connectivity index (χ0n) is 15.6. The number of hydrogen-bond donors (Lipinski definition) is 3. The molecule has 1 aromatic rings. The number of carbonyl (C=O) groups excluding carboxylic acids is 3. The minimum absolute atomic E-state index is 0. The molecule has 0 fully saturated rings. The van der Waals surface area contributed by atoms with Crippen molar-refractivity contribution in [2.24, 2.45) is 11.7 Å². The lowest BCUT2D eigenvalue weighted by atomic mass is 9.99. The van der Waals surface area contributed by atoms with Crippen LogP contribution >= 0.6 is 12.4 Å². The van der Waals surface area contributed by atoms with Crippen LogP contribution < -0.4 is 16.4 Å². The fourth-order valence-corrected chi connectivity index (χ4v) is 2.05. The molecule has 0 spiro atoms. The highest BCUT2D eigenvalue weighted by molar-refractivity contribution is 5.98. The van der Waals surface area contributed by atoms with Gasteiger partial charge in [0.2, 0.25) is 5.91 Å². The first-order valence-corrected chi connectivity index (χ1v) is 8.44. The molecule has 0 bridgehead atoms. The number of anilines is 1. The summed E-state index contributed by atoms with van der Waals surface area (Å²) in [4.78, 5) is 35.7. The van der Waals surface area contributed by atoms with Gasteiger partial charge < -0.3 is 21.1 Å². The quantitative estimate of drug-likeness (QED) is 0.593. The first kappa shape index (κ1) is 23.9. The summed E-state index contributed by atoms with van der Waals surface area (Å²) < 4.78 is 4.84. The lowest BCUT2D eigenvalue weighted by Gasteiger charge is -2.18. The highest BCUT2D eigenvalue weighted by atomic mass is 35.5. The van der Waals surface area contributed by atoms with Crippen LogP contribution in [-0.2, 0) is 14.3 Å². The van der Waals surface area contributed by atoms with Crippen molar-refractivity contribution < 1.29 is 19.1 Å². The van der Waals surface area contributed by atoms with Crippen molar-refractivity contribution in [1.82, 2.24) is 5.32 Å². The fraction of sp³-hybridized carbons (Fsp3) is 0.500. The van der Waals surface area contributed by atoms with Crippen molar-refractivity contribution in [3.63, 3.8) is 0 Å². The topological polar surface area (TPSA) is 111 Å². The number of halogens is 1. The van der Waals surface area contributed by atoms with Crippen LogP contribution in [0.5, 0.6) is 0 Å². The van der Waals surface area contributed by atoms with E-state index >= 15 is 0 Å². The second-order valence-corrected chi connectivity index (χ2v) is 5.93. The molecule has 146 valence electrons. The molecule has 26 heavy (non-hydrogen) atoms. The van der Waals surface area contributed by atoms with Gasteiger partial charge in [0.15, 0.2) is 0 Å². The third kappa shape index (κ3) is 7.01. The van der Waals surface area contributed by atoms with E-state index in [0.29, 0.717) is 11.3 Å². The Bertz CT molecular complexity index is 607. The number of carbonyl (C=O) groups is 3. The van der Waals surface area contributed by atoms with E-state index in [9.17, 15) is 14.4 Å². The Hall–Kier alpha value is -2.12. The average Bonchev–Trinajstić information content (AvgIpc) is 2.60. The summed E-state index contributed by atoms with van der Waals surface area (Å²) >= 11 is 0. The number of nitrogens with two attached hydrogens (primary N) is 1. The van der Waals surface area contributed by atoms with Gasteiger partial charge in [0, 0.05) is 11.3 Å². The molecule has 0 saturated carbocycles. The molecule has 3 atom stereocenters. The molecule has 2 amide bonds. The average molecular weight is 386 g/mol. The largest absolute Gasteiger partial charge is 0.464 e. The molecule has 3 unspecified atom stereocenters. The number of hydrogen-bond acceptors (Lipinski definition) is 5. The number of esters is 1. The molecule has 0 aliphatic heterocycles. The molecule has 1 aromatic carbocycles. The van der Waals surface area contributed by atoms with E-state index in [1.165, 1.54) is 0 Å². The Kier molecular flexibility index (Phi) is 10.6. The summed E-state index contributed by atoms with van der Waals surface area (Å²) in [5.74, 6) is -1.06. The summed E-state index contributed by atoms with van der Waals surface area (Å²) in [6.07, 6.45) is 0.812. The van der Waals surface area contributed by atoms with E-state index in [1.54, 1.807) is 38.1 Å². The second-order valence-electron chi connectivity index (χ2n) is 5.93. The standard InChI is InChI=1S/C18H27N3O4.ClH/c1-5-11(3)15(19)17(23)21-14-9-7-13(8-10-14)16(22)20-12(4)18(24)25-6-2;/h7-12,15H,5-6,19H2,1-4H3,(H,20,22)(H,21,23);1H. The maximum Gasteiger partial charge on any atom is 0.328 e. The molecule has 8 heteroatoms. The predicted molar refractivity (Wildman–Crippen MR) is 103 cm³/mol. The zero-order valence-corrected chi connectivity index (χ0v) is 16.4. The van der Waals surface area contributed by atoms with Gasteiger partial charge in [0.05, 0.1) is 12.6 Å². The maximum absolute atomic E-state index is 12.1. The first-order chi connectivity index (χ1) is 11.8. The first-order valence-electron chi connectivity index (χ1n) is 8.44. The van der Waals surface area contributed by atoms with Crippen LogP contribution in [0.3, 0.4) is 0 Å². The lowest BCUT2D eigenvalue weighted by Crippen LogP contribution is -2.40. The minimum atomic E-state index is -0.736. The van der Waals surface area contributed by atoms with Gasteiger partial charge in [0.25, 0.3) is 5.91 Å². The molecular weight excluding hydrogens is 358 g/mol. The van der Waals surface area contributed by atoms with E-state index in [0.717, 1.165) is 6.42 Å². The minimum Gasteiger partial charge on any atom is -0.464 e. The Morgan fingerprint density at radius 2 is 1.69 bits per heavy atom. The molecule has 0 aromatic heterocycles. The van der Waals surface area contributed by atoms with Gasteiger partial charge in [-0.15, -0.1) is 12.4 Å². The van der Waals surface area contributed by atoms with Crippen molar-refractivity contribution in [3.05, 3.63) is 29.8 Å². The number of rotatable bonds is 8. The monoisotopic (exact) mass is 385 g/mol. The van der Waals surface area contributed by atoms with Crippen LogP contribution in [0.15, 0.2) is 24.3 Å². The Morgan fingerprint density at radius 3 is 2.19 bits per heavy atom. The van der Waals surface area contributed by atoms with Crippen molar-refractivity contribution in [1.29, 1.82) is 0 Å². The molecule has 4 N–H and O–H groups in total. The molecular formula is C18H28ClN3O4. The highest BCUT2D eigenvalue weighted by Gasteiger charge is 2.20. The van der Waals surface area contributed by atoms with E-state index in [2.05, 4.69) is 10.6 Å². The normalized spacial score (nSPS) is 13.6. The molecule has 1 rings (SSSR count). The van der Waals surface area contributed by atoms with Gasteiger partial charge in [-0.2, -0.15) is 0 Å². The maximum atomic E-state index is 12.1. The van der Waals surface area contributed by atoms with Crippen LogP contribution in [-0.4, -0.2) is 36.5 Å². The van der Waals surface area contributed by atoms with E-state index < -0.39 is 24.0 Å². The zero-order chi connectivity index (χ0) is 19.0. The number of nitrogens with one attached hydrogen (secondary N) is 2. The summed E-state index contributed by atoms with van der Waals surface area (Å²) in [6, 6.07) is 5.05. The van der Waals surface area contributed by atoms with Crippen LogP contribution in [0, 0.1) is 5.92 Å². The van der Waals surface area contributed by atoms with Crippen LogP contribution in [0.1, 0.15) is 44.5 Å². The summed E-state index contributed by atoms with van der Waals surface area (Å²) in [5.41, 5.74) is 6.81. The van der Waals surface area contributed by atoms with Gasteiger partial charge in [-0.3, -0.25) is 9.59 Å². The Balaban J connectivity index is 0.00000625. The predicted octanol–water partition coefficient (Wildman–Crippen LogP) is 2.10. The molecule has 0 aliphatic rings. The highest BCUT2D eigenvalue weighted by Crippen LogP contribution is 2.12. The summed E-state index contributed by atoms with van der Waals surface area (Å²) in [5, 5.41) is 5.29. The number of amides is 2. The lowest BCUT2D eigenvalue weighted by molar-refractivity contribution is -0.144.